The number of nitrogens with one attached hydrogen (secondary N) is 1. The van der Waals surface area contributed by atoms with E-state index in [1.165, 1.54) is 36.4 Å². The first-order valence-electron chi connectivity index (χ1n) is 12.3. The summed E-state index contributed by atoms with van der Waals surface area (Å²) in [6.07, 6.45) is 9.05. The average Bonchev–Trinajstić information content (AvgIpc) is 3.55. The highest BCUT2D eigenvalue weighted by molar-refractivity contribution is 7.98. The molecule has 176 valence electrons. The number of nitrogens with zero attached hydrogens (tertiary/aromatic N) is 2. The molecule has 0 unspecified atom stereocenters. The average molecular weight is 480 g/mol. The first-order valence-corrected chi connectivity index (χ1v) is 13.5. The van der Waals surface area contributed by atoms with Crippen LogP contribution < -0.4 is 5.32 Å². The van der Waals surface area contributed by atoms with Crippen molar-refractivity contribution in [1.82, 2.24) is 9.88 Å². The van der Waals surface area contributed by atoms with Crippen LogP contribution in [0, 0.1) is 0 Å². The molecule has 35 heavy (non-hydrogen) atoms. The SMILES string of the molecule is CSc1ccc(/C=C/c2ccc3nc4c(oc5ccccc54)c(NCCN4CCCC4)c3c2)cc1. The number of furan rings is 1. The third kappa shape index (κ3) is 4.54. The third-order valence-corrected chi connectivity index (χ3v) is 7.57. The van der Waals surface area contributed by atoms with Crippen LogP contribution in [0.1, 0.15) is 24.0 Å². The number of benzene rings is 3. The summed E-state index contributed by atoms with van der Waals surface area (Å²) in [6, 6.07) is 23.3. The largest absolute Gasteiger partial charge is 0.452 e. The first kappa shape index (κ1) is 22.2. The Morgan fingerprint density at radius 3 is 2.54 bits per heavy atom. The zero-order chi connectivity index (χ0) is 23.6. The van der Waals surface area contributed by atoms with Gasteiger partial charge in [-0.2, -0.15) is 0 Å². The molecule has 0 atom stereocenters. The van der Waals surface area contributed by atoms with Gasteiger partial charge in [0, 0.05) is 28.8 Å². The molecule has 3 heterocycles. The lowest BCUT2D eigenvalue weighted by atomic mass is 10.1. The molecule has 0 saturated carbocycles. The standard InChI is InChI=1S/C30H29N3OS/c1-35-23-13-10-21(11-14-23)8-9-22-12-15-26-25(20-22)28(31-16-19-33-17-4-5-18-33)30-29(32-26)24-6-2-3-7-27(24)34-30/h2-3,6-15,20H,4-5,16-19H2,1H3,(H,31,32)/b9-8+. The topological polar surface area (TPSA) is 41.3 Å². The Kier molecular flexibility index (Phi) is 6.19. The zero-order valence-electron chi connectivity index (χ0n) is 20.0. The summed E-state index contributed by atoms with van der Waals surface area (Å²) in [5.74, 6) is 0. The van der Waals surface area contributed by atoms with E-state index in [2.05, 4.69) is 77.2 Å². The van der Waals surface area contributed by atoms with Crippen molar-refractivity contribution in [2.45, 2.75) is 17.7 Å². The van der Waals surface area contributed by atoms with Crippen molar-refractivity contribution in [1.29, 1.82) is 0 Å². The maximum absolute atomic E-state index is 6.35. The molecule has 5 aromatic rings. The smallest absolute Gasteiger partial charge is 0.177 e. The lowest BCUT2D eigenvalue weighted by Crippen LogP contribution is -2.26. The molecule has 0 aliphatic carbocycles. The Morgan fingerprint density at radius 1 is 0.943 bits per heavy atom. The maximum atomic E-state index is 6.35. The summed E-state index contributed by atoms with van der Waals surface area (Å²) in [5.41, 5.74) is 7.00. The van der Waals surface area contributed by atoms with Crippen molar-refractivity contribution >= 4 is 62.6 Å². The molecule has 0 amide bonds. The molecule has 4 nitrogen and oxygen atoms in total. The van der Waals surface area contributed by atoms with E-state index in [1.807, 2.05) is 18.2 Å². The fourth-order valence-electron chi connectivity index (χ4n) is 4.94. The second kappa shape index (κ2) is 9.76. The van der Waals surface area contributed by atoms with Gasteiger partial charge in [0.1, 0.15) is 11.1 Å². The van der Waals surface area contributed by atoms with Gasteiger partial charge < -0.3 is 14.6 Å². The third-order valence-electron chi connectivity index (χ3n) is 6.83. The molecule has 2 aromatic heterocycles. The molecule has 1 aliphatic rings. The van der Waals surface area contributed by atoms with Crippen LogP contribution in [-0.2, 0) is 0 Å². The molecule has 6 rings (SSSR count). The minimum atomic E-state index is 0.842. The van der Waals surface area contributed by atoms with Crippen LogP contribution in [0.2, 0.25) is 0 Å². The van der Waals surface area contributed by atoms with Crippen LogP contribution >= 0.6 is 11.8 Å². The summed E-state index contributed by atoms with van der Waals surface area (Å²) >= 11 is 1.76. The zero-order valence-corrected chi connectivity index (χ0v) is 20.8. The summed E-state index contributed by atoms with van der Waals surface area (Å²) in [6.45, 7) is 4.32. The van der Waals surface area contributed by atoms with Crippen molar-refractivity contribution in [2.24, 2.45) is 0 Å². The number of likely N-dealkylation sites (tertiary alicyclic amines) is 1. The van der Waals surface area contributed by atoms with E-state index in [9.17, 15) is 0 Å². The van der Waals surface area contributed by atoms with Gasteiger partial charge in [-0.05, 0) is 79.7 Å². The number of anilines is 1. The summed E-state index contributed by atoms with van der Waals surface area (Å²) in [4.78, 5) is 8.83. The van der Waals surface area contributed by atoms with Crippen LogP contribution in [0.5, 0.6) is 0 Å². The number of hydrogen-bond acceptors (Lipinski definition) is 5. The summed E-state index contributed by atoms with van der Waals surface area (Å²) < 4.78 is 6.35. The van der Waals surface area contributed by atoms with Gasteiger partial charge in [-0.15, -0.1) is 11.8 Å². The fourth-order valence-corrected chi connectivity index (χ4v) is 5.35. The van der Waals surface area contributed by atoms with Gasteiger partial charge in [-0.3, -0.25) is 0 Å². The van der Waals surface area contributed by atoms with E-state index in [4.69, 9.17) is 9.40 Å². The number of thioether (sulfide) groups is 1. The van der Waals surface area contributed by atoms with Gasteiger partial charge in [-0.25, -0.2) is 4.98 Å². The molecule has 1 N–H and O–H groups in total. The molecule has 1 aliphatic heterocycles. The van der Waals surface area contributed by atoms with Crippen molar-refractivity contribution in [2.75, 3.05) is 37.8 Å². The Morgan fingerprint density at radius 2 is 1.71 bits per heavy atom. The second-order valence-electron chi connectivity index (χ2n) is 9.12. The Balaban J connectivity index is 1.40. The molecular weight excluding hydrogens is 450 g/mol. The summed E-state index contributed by atoms with van der Waals surface area (Å²) in [5, 5.41) is 5.89. The van der Waals surface area contributed by atoms with Crippen LogP contribution in [0.4, 0.5) is 5.69 Å². The normalized spacial score (nSPS) is 14.7. The van der Waals surface area contributed by atoms with Gasteiger partial charge in [0.15, 0.2) is 5.58 Å². The van der Waals surface area contributed by atoms with E-state index in [1.54, 1.807) is 11.8 Å². The van der Waals surface area contributed by atoms with E-state index in [-0.39, 0.29) is 0 Å². The van der Waals surface area contributed by atoms with E-state index in [0.29, 0.717) is 0 Å². The monoisotopic (exact) mass is 479 g/mol. The highest BCUT2D eigenvalue weighted by atomic mass is 32.2. The van der Waals surface area contributed by atoms with Crippen molar-refractivity contribution in [3.63, 3.8) is 0 Å². The van der Waals surface area contributed by atoms with Gasteiger partial charge in [0.2, 0.25) is 0 Å². The van der Waals surface area contributed by atoms with Crippen molar-refractivity contribution in [3.8, 4) is 0 Å². The molecule has 0 radical (unpaired) electrons. The first-order chi connectivity index (χ1) is 17.3. The number of hydrogen-bond donors (Lipinski definition) is 1. The van der Waals surface area contributed by atoms with Crippen LogP contribution in [0.15, 0.2) is 76.0 Å². The number of pyridine rings is 1. The van der Waals surface area contributed by atoms with Gasteiger partial charge in [0.25, 0.3) is 0 Å². The second-order valence-corrected chi connectivity index (χ2v) is 10.0. The Hall–Kier alpha value is -3.28. The number of aromatic nitrogens is 1. The van der Waals surface area contributed by atoms with E-state index >= 15 is 0 Å². The Bertz CT molecular complexity index is 1510. The van der Waals surface area contributed by atoms with Crippen molar-refractivity contribution < 1.29 is 4.42 Å². The molecule has 5 heteroatoms. The molecule has 1 fully saturated rings. The van der Waals surface area contributed by atoms with Crippen LogP contribution in [0.25, 0.3) is 45.1 Å². The molecule has 1 saturated heterocycles. The molecule has 0 spiro atoms. The maximum Gasteiger partial charge on any atom is 0.177 e. The molecule has 3 aromatic carbocycles. The lowest BCUT2D eigenvalue weighted by molar-refractivity contribution is 0.353. The highest BCUT2D eigenvalue weighted by Crippen LogP contribution is 2.37. The number of fused-ring (bicyclic) bond motifs is 4. The molecule has 0 bridgehead atoms. The van der Waals surface area contributed by atoms with Crippen molar-refractivity contribution in [3.05, 3.63) is 77.9 Å². The minimum Gasteiger partial charge on any atom is -0.452 e. The number of para-hydroxylation sites is 1. The number of rotatable bonds is 7. The van der Waals surface area contributed by atoms with Gasteiger partial charge in [0.05, 0.1) is 11.2 Å². The predicted molar refractivity (Wildman–Crippen MR) is 150 cm³/mol. The van der Waals surface area contributed by atoms with E-state index in [0.717, 1.165) is 57.3 Å². The summed E-state index contributed by atoms with van der Waals surface area (Å²) in [7, 11) is 0. The minimum absolute atomic E-state index is 0.842. The fraction of sp³-hybridized carbons (Fsp3) is 0.233. The van der Waals surface area contributed by atoms with Gasteiger partial charge >= 0.3 is 0 Å². The predicted octanol–water partition coefficient (Wildman–Crippen LogP) is 7.53. The van der Waals surface area contributed by atoms with Crippen LogP contribution in [-0.4, -0.2) is 42.3 Å². The van der Waals surface area contributed by atoms with Gasteiger partial charge in [-0.1, -0.05) is 42.5 Å². The lowest BCUT2D eigenvalue weighted by Gasteiger charge is -2.16. The highest BCUT2D eigenvalue weighted by Gasteiger charge is 2.17. The Labute approximate surface area is 210 Å². The van der Waals surface area contributed by atoms with E-state index < -0.39 is 0 Å². The molecular formula is C30H29N3OS. The van der Waals surface area contributed by atoms with Crippen LogP contribution in [0.3, 0.4) is 0 Å². The quantitative estimate of drug-likeness (QED) is 0.193.